The SMILES string of the molecule is N#Cc1cc2ccsc2[n+]([O-])c1. The van der Waals surface area contributed by atoms with Crippen molar-refractivity contribution >= 4 is 21.6 Å². The Kier molecular flexibility index (Phi) is 1.45. The Morgan fingerprint density at radius 3 is 3.17 bits per heavy atom. The van der Waals surface area contributed by atoms with E-state index in [1.54, 1.807) is 6.07 Å². The van der Waals surface area contributed by atoms with Crippen LogP contribution in [0.1, 0.15) is 5.56 Å². The molecule has 0 unspecified atom stereocenters. The van der Waals surface area contributed by atoms with E-state index in [1.165, 1.54) is 17.5 Å². The molecule has 0 aromatic carbocycles. The number of rotatable bonds is 0. The Balaban J connectivity index is 2.86. The summed E-state index contributed by atoms with van der Waals surface area (Å²) in [6.07, 6.45) is 1.29. The van der Waals surface area contributed by atoms with Gasteiger partial charge in [0.2, 0.25) is 0 Å². The van der Waals surface area contributed by atoms with E-state index in [2.05, 4.69) is 0 Å². The van der Waals surface area contributed by atoms with Crippen LogP contribution in [0.3, 0.4) is 0 Å². The number of aromatic nitrogens is 1. The van der Waals surface area contributed by atoms with Crippen molar-refractivity contribution in [2.45, 2.75) is 0 Å². The standard InChI is InChI=1S/C8H4N2OS/c9-4-6-3-7-1-2-12-8(7)10(11)5-6/h1-3,5H. The molecule has 0 amide bonds. The first-order valence-electron chi connectivity index (χ1n) is 3.32. The summed E-state index contributed by atoms with van der Waals surface area (Å²) in [5.41, 5.74) is 0.399. The second kappa shape index (κ2) is 2.47. The Hall–Kier alpha value is -1.60. The average Bonchev–Trinajstić information content (AvgIpc) is 2.52. The van der Waals surface area contributed by atoms with Crippen LogP contribution in [0.25, 0.3) is 10.2 Å². The average molecular weight is 176 g/mol. The lowest BCUT2D eigenvalue weighted by atomic mass is 10.2. The van der Waals surface area contributed by atoms with Crippen LogP contribution in [-0.4, -0.2) is 0 Å². The highest BCUT2D eigenvalue weighted by Crippen LogP contribution is 2.16. The smallest absolute Gasteiger partial charge is 0.280 e. The molecule has 0 saturated carbocycles. The molecule has 0 spiro atoms. The van der Waals surface area contributed by atoms with Crippen molar-refractivity contribution < 1.29 is 4.73 Å². The summed E-state index contributed by atoms with van der Waals surface area (Å²) < 4.78 is 0.735. The van der Waals surface area contributed by atoms with Gasteiger partial charge in [0.15, 0.2) is 6.20 Å². The van der Waals surface area contributed by atoms with E-state index in [9.17, 15) is 5.21 Å². The van der Waals surface area contributed by atoms with Crippen molar-refractivity contribution in [3.05, 3.63) is 34.5 Å². The highest BCUT2D eigenvalue weighted by molar-refractivity contribution is 7.16. The predicted octanol–water partition coefficient (Wildman–Crippen LogP) is 1.41. The number of thiophene rings is 1. The zero-order valence-corrected chi connectivity index (χ0v) is 6.84. The highest BCUT2D eigenvalue weighted by Gasteiger charge is 2.06. The van der Waals surface area contributed by atoms with E-state index in [1.807, 2.05) is 17.5 Å². The van der Waals surface area contributed by atoms with Gasteiger partial charge in [-0.1, -0.05) is 11.3 Å². The van der Waals surface area contributed by atoms with Crippen LogP contribution in [0.15, 0.2) is 23.7 Å². The zero-order valence-electron chi connectivity index (χ0n) is 6.02. The minimum absolute atomic E-state index is 0.399. The summed E-state index contributed by atoms with van der Waals surface area (Å²) in [5.74, 6) is 0. The second-order valence-electron chi connectivity index (χ2n) is 2.35. The molecule has 0 aliphatic carbocycles. The van der Waals surface area contributed by atoms with Crippen LogP contribution in [0, 0.1) is 16.5 Å². The van der Waals surface area contributed by atoms with E-state index in [4.69, 9.17) is 5.26 Å². The molecular formula is C8H4N2OS. The first-order chi connectivity index (χ1) is 5.81. The zero-order chi connectivity index (χ0) is 8.55. The minimum atomic E-state index is 0.399. The maximum atomic E-state index is 11.2. The maximum absolute atomic E-state index is 11.2. The van der Waals surface area contributed by atoms with Crippen molar-refractivity contribution in [1.82, 2.24) is 0 Å². The largest absolute Gasteiger partial charge is 0.618 e. The number of hydrogen-bond donors (Lipinski definition) is 0. The number of fused-ring (bicyclic) bond motifs is 1. The molecule has 0 aliphatic rings. The van der Waals surface area contributed by atoms with Gasteiger partial charge < -0.3 is 5.21 Å². The molecule has 0 radical (unpaired) electrons. The fourth-order valence-electron chi connectivity index (χ4n) is 1.05. The Labute approximate surface area is 72.7 Å². The van der Waals surface area contributed by atoms with Gasteiger partial charge in [-0.05, 0) is 17.5 Å². The van der Waals surface area contributed by atoms with Crippen molar-refractivity contribution in [1.29, 1.82) is 5.26 Å². The van der Waals surface area contributed by atoms with Crippen molar-refractivity contribution in [3.63, 3.8) is 0 Å². The summed E-state index contributed by atoms with van der Waals surface area (Å²) in [4.78, 5) is 0.647. The summed E-state index contributed by atoms with van der Waals surface area (Å²) in [5, 5.41) is 22.4. The summed E-state index contributed by atoms with van der Waals surface area (Å²) in [7, 11) is 0. The fraction of sp³-hybridized carbons (Fsp3) is 0. The third kappa shape index (κ3) is 0.917. The molecule has 0 N–H and O–H groups in total. The molecule has 2 aromatic heterocycles. The summed E-state index contributed by atoms with van der Waals surface area (Å²) in [6, 6.07) is 5.47. The molecule has 0 saturated heterocycles. The third-order valence-electron chi connectivity index (χ3n) is 1.57. The van der Waals surface area contributed by atoms with Crippen molar-refractivity contribution in [2.75, 3.05) is 0 Å². The monoisotopic (exact) mass is 176 g/mol. The van der Waals surface area contributed by atoms with Crippen LogP contribution in [0.5, 0.6) is 0 Å². The Morgan fingerprint density at radius 1 is 1.58 bits per heavy atom. The van der Waals surface area contributed by atoms with Crippen LogP contribution >= 0.6 is 11.3 Å². The molecule has 0 aliphatic heterocycles. The highest BCUT2D eigenvalue weighted by atomic mass is 32.1. The molecule has 2 heterocycles. The first-order valence-corrected chi connectivity index (χ1v) is 4.20. The van der Waals surface area contributed by atoms with Crippen LogP contribution in [0.2, 0.25) is 0 Å². The van der Waals surface area contributed by atoms with E-state index >= 15 is 0 Å². The van der Waals surface area contributed by atoms with Gasteiger partial charge in [-0.25, -0.2) is 0 Å². The number of nitrogens with zero attached hydrogens (tertiary/aromatic N) is 2. The summed E-state index contributed by atoms with van der Waals surface area (Å²) in [6.45, 7) is 0. The molecule has 0 bridgehead atoms. The van der Waals surface area contributed by atoms with Gasteiger partial charge in [-0.3, -0.25) is 0 Å². The van der Waals surface area contributed by atoms with E-state index in [-0.39, 0.29) is 0 Å². The number of nitriles is 1. The van der Waals surface area contributed by atoms with Gasteiger partial charge in [0, 0.05) is 0 Å². The second-order valence-corrected chi connectivity index (χ2v) is 3.24. The van der Waals surface area contributed by atoms with Crippen LogP contribution < -0.4 is 4.73 Å². The molecule has 58 valence electrons. The minimum Gasteiger partial charge on any atom is -0.618 e. The molecule has 4 heteroatoms. The topological polar surface area (TPSA) is 50.7 Å². The quantitative estimate of drug-likeness (QED) is 0.450. The molecule has 2 aromatic rings. The number of hydrogen-bond acceptors (Lipinski definition) is 3. The van der Waals surface area contributed by atoms with E-state index < -0.39 is 0 Å². The van der Waals surface area contributed by atoms with Gasteiger partial charge in [0.05, 0.1) is 5.39 Å². The van der Waals surface area contributed by atoms with Crippen molar-refractivity contribution in [2.24, 2.45) is 0 Å². The van der Waals surface area contributed by atoms with Crippen molar-refractivity contribution in [3.8, 4) is 6.07 Å². The molecule has 0 fully saturated rings. The first kappa shape index (κ1) is 7.07. The summed E-state index contributed by atoms with van der Waals surface area (Å²) >= 11 is 1.37. The number of pyridine rings is 1. The van der Waals surface area contributed by atoms with E-state index in [0.717, 1.165) is 10.1 Å². The van der Waals surface area contributed by atoms with Gasteiger partial charge >= 0.3 is 0 Å². The maximum Gasteiger partial charge on any atom is 0.280 e. The van der Waals surface area contributed by atoms with E-state index in [0.29, 0.717) is 10.4 Å². The molecule has 0 atom stereocenters. The lowest BCUT2D eigenvalue weighted by Gasteiger charge is -1.95. The third-order valence-corrected chi connectivity index (χ3v) is 2.48. The Morgan fingerprint density at radius 2 is 2.42 bits per heavy atom. The molecule has 3 nitrogen and oxygen atoms in total. The van der Waals surface area contributed by atoms with Gasteiger partial charge in [-0.15, -0.1) is 0 Å². The predicted molar refractivity (Wildman–Crippen MR) is 45.5 cm³/mol. The molecule has 2 rings (SSSR count). The Bertz CT molecular complexity index is 469. The lowest BCUT2D eigenvalue weighted by molar-refractivity contribution is -0.574. The molecule has 12 heavy (non-hydrogen) atoms. The normalized spacial score (nSPS) is 9.92. The van der Waals surface area contributed by atoms with Gasteiger partial charge in [-0.2, -0.15) is 9.99 Å². The van der Waals surface area contributed by atoms with Crippen LogP contribution in [0.4, 0.5) is 0 Å². The fourth-order valence-corrected chi connectivity index (χ4v) is 1.81. The van der Waals surface area contributed by atoms with Gasteiger partial charge in [0.1, 0.15) is 11.6 Å². The lowest BCUT2D eigenvalue weighted by Crippen LogP contribution is -2.25. The van der Waals surface area contributed by atoms with Gasteiger partial charge in [0.25, 0.3) is 4.83 Å². The van der Waals surface area contributed by atoms with Crippen LogP contribution in [-0.2, 0) is 0 Å². The molecular weight excluding hydrogens is 172 g/mol.